The van der Waals surface area contributed by atoms with Gasteiger partial charge in [0.05, 0.1) is 22.6 Å². The number of aromatic nitrogens is 1. The molecule has 0 atom stereocenters. The van der Waals surface area contributed by atoms with Gasteiger partial charge in [0.1, 0.15) is 0 Å². The Morgan fingerprint density at radius 2 is 2.10 bits per heavy atom. The van der Waals surface area contributed by atoms with Crippen molar-refractivity contribution >= 4 is 37.8 Å². The molecule has 0 spiro atoms. The Morgan fingerprint density at radius 1 is 1.24 bits per heavy atom. The molecule has 0 aliphatic heterocycles. The van der Waals surface area contributed by atoms with Crippen molar-refractivity contribution in [3.8, 4) is 0 Å². The third kappa shape index (κ3) is 2.90. The molecule has 3 rings (SSSR count). The molecule has 0 aliphatic rings. The smallest absolute Gasteiger partial charge is 0.241 e. The van der Waals surface area contributed by atoms with Crippen molar-refractivity contribution in [1.82, 2.24) is 9.71 Å². The van der Waals surface area contributed by atoms with Crippen molar-refractivity contribution in [2.45, 2.75) is 11.4 Å². The van der Waals surface area contributed by atoms with Gasteiger partial charge in [0.2, 0.25) is 10.0 Å². The predicted octanol–water partition coefficient (Wildman–Crippen LogP) is 2.36. The van der Waals surface area contributed by atoms with E-state index in [4.69, 9.17) is 5.73 Å². The summed E-state index contributed by atoms with van der Waals surface area (Å²) >= 11 is 1.43. The van der Waals surface area contributed by atoms with Gasteiger partial charge in [-0.1, -0.05) is 18.2 Å². The van der Waals surface area contributed by atoms with Crippen LogP contribution in [0, 0.1) is 0 Å². The molecule has 3 aromatic rings. The van der Waals surface area contributed by atoms with Gasteiger partial charge in [0, 0.05) is 16.5 Å². The normalized spacial score (nSPS) is 11.8. The summed E-state index contributed by atoms with van der Waals surface area (Å²) < 4.78 is 27.5. The number of fused-ring (bicyclic) bond motifs is 1. The summed E-state index contributed by atoms with van der Waals surface area (Å²) in [7, 11) is -3.60. The summed E-state index contributed by atoms with van der Waals surface area (Å²) in [6.07, 6.45) is 0. The van der Waals surface area contributed by atoms with Gasteiger partial charge in [-0.2, -0.15) is 0 Å². The fourth-order valence-corrected chi connectivity index (χ4v) is 3.86. The SMILES string of the molecule is Nc1ccc2c(S(=O)(=O)NCc3cscn3)cccc2c1. The number of nitrogens with one attached hydrogen (secondary N) is 1. The molecule has 0 bridgehead atoms. The summed E-state index contributed by atoms with van der Waals surface area (Å²) in [6, 6.07) is 10.3. The van der Waals surface area contributed by atoms with Gasteiger partial charge in [-0.25, -0.2) is 18.1 Å². The Balaban J connectivity index is 1.98. The first-order valence-corrected chi connectivity index (χ1v) is 8.64. The molecule has 21 heavy (non-hydrogen) atoms. The molecule has 0 aliphatic carbocycles. The summed E-state index contributed by atoms with van der Waals surface area (Å²) in [5, 5.41) is 3.26. The Labute approximate surface area is 126 Å². The second-order valence-corrected chi connectivity index (χ2v) is 7.00. The maximum absolute atomic E-state index is 12.5. The quantitative estimate of drug-likeness (QED) is 0.723. The van der Waals surface area contributed by atoms with Crippen LogP contribution in [-0.2, 0) is 16.6 Å². The molecule has 0 amide bonds. The molecule has 1 aromatic heterocycles. The molecule has 3 N–H and O–H groups in total. The first-order valence-electron chi connectivity index (χ1n) is 6.21. The maximum atomic E-state index is 12.5. The van der Waals surface area contributed by atoms with Crippen LogP contribution in [0.25, 0.3) is 10.8 Å². The van der Waals surface area contributed by atoms with Gasteiger partial charge in [0.25, 0.3) is 0 Å². The van der Waals surface area contributed by atoms with Crippen molar-refractivity contribution in [3.05, 3.63) is 53.0 Å². The number of sulfonamides is 1. The molecular weight excluding hydrogens is 306 g/mol. The summed E-state index contributed by atoms with van der Waals surface area (Å²) in [6.45, 7) is 0.178. The molecule has 108 valence electrons. The van der Waals surface area contributed by atoms with E-state index in [1.807, 2.05) is 11.4 Å². The number of hydrogen-bond donors (Lipinski definition) is 2. The second-order valence-electron chi connectivity index (χ2n) is 4.54. The van der Waals surface area contributed by atoms with Crippen LogP contribution < -0.4 is 10.5 Å². The molecule has 5 nitrogen and oxygen atoms in total. The average molecular weight is 319 g/mol. The Bertz CT molecular complexity index is 874. The molecular formula is C14H13N3O2S2. The van der Waals surface area contributed by atoms with Crippen LogP contribution in [0.15, 0.2) is 52.2 Å². The van der Waals surface area contributed by atoms with Crippen molar-refractivity contribution in [2.24, 2.45) is 0 Å². The van der Waals surface area contributed by atoms with Crippen LogP contribution in [0.4, 0.5) is 5.69 Å². The van der Waals surface area contributed by atoms with E-state index in [9.17, 15) is 8.42 Å². The fraction of sp³-hybridized carbons (Fsp3) is 0.0714. The highest BCUT2D eigenvalue weighted by Crippen LogP contribution is 2.24. The molecule has 1 heterocycles. The standard InChI is InChI=1S/C14H13N3O2S2/c15-11-4-5-13-10(6-11)2-1-3-14(13)21(18,19)17-7-12-8-20-9-16-12/h1-6,8-9,17H,7,15H2. The highest BCUT2D eigenvalue weighted by molar-refractivity contribution is 7.89. The molecule has 0 radical (unpaired) electrons. The van der Waals surface area contributed by atoms with E-state index in [0.29, 0.717) is 16.8 Å². The number of nitrogen functional groups attached to an aromatic ring is 1. The molecule has 0 unspecified atom stereocenters. The lowest BCUT2D eigenvalue weighted by Gasteiger charge is -2.09. The first-order chi connectivity index (χ1) is 10.1. The maximum Gasteiger partial charge on any atom is 0.241 e. The zero-order valence-corrected chi connectivity index (χ0v) is 12.6. The zero-order valence-electron chi connectivity index (χ0n) is 11.0. The number of nitrogens with two attached hydrogens (primary N) is 1. The van der Waals surface area contributed by atoms with Crippen LogP contribution in [0.1, 0.15) is 5.69 Å². The minimum absolute atomic E-state index is 0.178. The lowest BCUT2D eigenvalue weighted by atomic mass is 10.1. The summed E-state index contributed by atoms with van der Waals surface area (Å²) in [5.41, 5.74) is 8.71. The second kappa shape index (κ2) is 5.44. The average Bonchev–Trinajstić information content (AvgIpc) is 2.97. The summed E-state index contributed by atoms with van der Waals surface area (Å²) in [5.74, 6) is 0. The topological polar surface area (TPSA) is 85.1 Å². The minimum Gasteiger partial charge on any atom is -0.399 e. The highest BCUT2D eigenvalue weighted by Gasteiger charge is 2.17. The van der Waals surface area contributed by atoms with Crippen LogP contribution >= 0.6 is 11.3 Å². The number of hydrogen-bond acceptors (Lipinski definition) is 5. The third-order valence-electron chi connectivity index (χ3n) is 3.08. The van der Waals surface area contributed by atoms with Gasteiger partial charge in [-0.05, 0) is 23.6 Å². The van der Waals surface area contributed by atoms with Gasteiger partial charge < -0.3 is 5.73 Å². The molecule has 0 saturated heterocycles. The van der Waals surface area contributed by atoms with E-state index in [-0.39, 0.29) is 11.4 Å². The minimum atomic E-state index is -3.60. The van der Waals surface area contributed by atoms with E-state index in [0.717, 1.165) is 5.39 Å². The van der Waals surface area contributed by atoms with Crippen LogP contribution in [0.5, 0.6) is 0 Å². The van der Waals surface area contributed by atoms with Gasteiger partial charge >= 0.3 is 0 Å². The monoisotopic (exact) mass is 319 g/mol. The number of benzene rings is 2. The van der Waals surface area contributed by atoms with E-state index in [2.05, 4.69) is 9.71 Å². The van der Waals surface area contributed by atoms with Crippen molar-refractivity contribution < 1.29 is 8.42 Å². The highest BCUT2D eigenvalue weighted by atomic mass is 32.2. The lowest BCUT2D eigenvalue weighted by molar-refractivity contribution is 0.581. The number of anilines is 1. The first kappa shape index (κ1) is 14.0. The third-order valence-corrected chi connectivity index (χ3v) is 5.18. The Kier molecular flexibility index (Phi) is 3.62. The van der Waals surface area contributed by atoms with E-state index in [1.165, 1.54) is 11.3 Å². The summed E-state index contributed by atoms with van der Waals surface area (Å²) in [4.78, 5) is 4.31. The van der Waals surface area contributed by atoms with E-state index >= 15 is 0 Å². The zero-order chi connectivity index (χ0) is 14.9. The van der Waals surface area contributed by atoms with Crippen LogP contribution in [-0.4, -0.2) is 13.4 Å². The Hall–Kier alpha value is -1.96. The lowest BCUT2D eigenvalue weighted by Crippen LogP contribution is -2.23. The molecule has 0 saturated carbocycles. The molecule has 0 fully saturated rings. The largest absolute Gasteiger partial charge is 0.399 e. The number of rotatable bonds is 4. The van der Waals surface area contributed by atoms with Gasteiger partial charge in [0.15, 0.2) is 0 Å². The van der Waals surface area contributed by atoms with Gasteiger partial charge in [-0.3, -0.25) is 0 Å². The van der Waals surface area contributed by atoms with Gasteiger partial charge in [-0.15, -0.1) is 11.3 Å². The number of nitrogens with zero attached hydrogens (tertiary/aromatic N) is 1. The number of thiazole rings is 1. The van der Waals surface area contributed by atoms with E-state index in [1.54, 1.807) is 35.8 Å². The van der Waals surface area contributed by atoms with Crippen LogP contribution in [0.3, 0.4) is 0 Å². The van der Waals surface area contributed by atoms with E-state index < -0.39 is 10.0 Å². The van der Waals surface area contributed by atoms with Crippen molar-refractivity contribution in [2.75, 3.05) is 5.73 Å². The predicted molar refractivity (Wildman–Crippen MR) is 84.5 cm³/mol. The molecule has 2 aromatic carbocycles. The fourth-order valence-electron chi connectivity index (χ4n) is 2.08. The van der Waals surface area contributed by atoms with Crippen LogP contribution in [0.2, 0.25) is 0 Å². The Morgan fingerprint density at radius 3 is 2.86 bits per heavy atom. The molecule has 7 heteroatoms. The van der Waals surface area contributed by atoms with Crippen molar-refractivity contribution in [3.63, 3.8) is 0 Å². The van der Waals surface area contributed by atoms with Crippen molar-refractivity contribution in [1.29, 1.82) is 0 Å².